The van der Waals surface area contributed by atoms with E-state index in [2.05, 4.69) is 31.2 Å². The van der Waals surface area contributed by atoms with E-state index in [9.17, 15) is 9.18 Å². The molecule has 2 aromatic carbocycles. The minimum Gasteiger partial charge on any atom is -0.494 e. The van der Waals surface area contributed by atoms with E-state index in [0.29, 0.717) is 18.9 Å². The summed E-state index contributed by atoms with van der Waals surface area (Å²) in [6.07, 6.45) is 7.09. The highest BCUT2D eigenvalue weighted by atomic mass is 19.1. The molecule has 1 atom stereocenters. The smallest absolute Gasteiger partial charge is 0.340 e. The van der Waals surface area contributed by atoms with E-state index in [1.165, 1.54) is 12.8 Å². The highest BCUT2D eigenvalue weighted by molar-refractivity contribution is 5.74. The van der Waals surface area contributed by atoms with Crippen LogP contribution in [0.15, 0.2) is 48.5 Å². The van der Waals surface area contributed by atoms with Crippen molar-refractivity contribution in [2.75, 3.05) is 13.2 Å². The van der Waals surface area contributed by atoms with Gasteiger partial charge in [-0.2, -0.15) is 0 Å². The van der Waals surface area contributed by atoms with Gasteiger partial charge in [0.25, 0.3) is 0 Å². The van der Waals surface area contributed by atoms with Crippen LogP contribution in [-0.4, -0.2) is 31.5 Å². The maximum Gasteiger partial charge on any atom is 0.340 e. The first-order valence-corrected chi connectivity index (χ1v) is 13.4. The third-order valence-corrected chi connectivity index (χ3v) is 6.69. The minimum absolute atomic E-state index is 0.161. The van der Waals surface area contributed by atoms with Gasteiger partial charge in [-0.3, -0.25) is 0 Å². The van der Waals surface area contributed by atoms with Crippen LogP contribution in [0.2, 0.25) is 0 Å². The predicted octanol–water partition coefficient (Wildman–Crippen LogP) is 7.93. The van der Waals surface area contributed by atoms with E-state index in [-0.39, 0.29) is 12.5 Å². The fourth-order valence-corrected chi connectivity index (χ4v) is 4.40. The second-order valence-corrected chi connectivity index (χ2v) is 9.60. The number of benzene rings is 2. The van der Waals surface area contributed by atoms with Crippen LogP contribution in [0.3, 0.4) is 0 Å². The summed E-state index contributed by atoms with van der Waals surface area (Å²) in [5, 5.41) is 0. The average Bonchev–Trinajstić information content (AvgIpc) is 2.90. The molecule has 0 aliphatic heterocycles. The van der Waals surface area contributed by atoms with Crippen LogP contribution >= 0.6 is 0 Å². The molecule has 0 spiro atoms. The number of esters is 1. The SMILES string of the molecule is CCCCCOc1ccc(-c2ccc(OCC3CCC(OC(=O)[C@@H](F)CCCC)CC3)cc2)cc1. The molecule has 3 rings (SSSR count). The van der Waals surface area contributed by atoms with Crippen LogP contribution in [-0.2, 0) is 9.53 Å². The van der Waals surface area contributed by atoms with Crippen molar-refractivity contribution in [3.05, 3.63) is 48.5 Å². The molecule has 0 bridgehead atoms. The van der Waals surface area contributed by atoms with Gasteiger partial charge in [0.05, 0.1) is 13.2 Å². The minimum atomic E-state index is -1.49. The fourth-order valence-electron chi connectivity index (χ4n) is 4.40. The Morgan fingerprint density at radius 1 is 0.829 bits per heavy atom. The number of hydrogen-bond donors (Lipinski definition) is 0. The van der Waals surface area contributed by atoms with Gasteiger partial charge in [0.2, 0.25) is 0 Å². The van der Waals surface area contributed by atoms with Crippen molar-refractivity contribution in [2.45, 2.75) is 90.3 Å². The molecule has 1 saturated carbocycles. The molecule has 1 fully saturated rings. The van der Waals surface area contributed by atoms with Gasteiger partial charge in [-0.05, 0) is 79.8 Å². The zero-order chi connectivity index (χ0) is 24.9. The first-order chi connectivity index (χ1) is 17.1. The Balaban J connectivity index is 1.37. The van der Waals surface area contributed by atoms with E-state index in [1.807, 2.05) is 31.2 Å². The Morgan fingerprint density at radius 3 is 1.97 bits per heavy atom. The van der Waals surface area contributed by atoms with E-state index in [1.54, 1.807) is 0 Å². The second kappa shape index (κ2) is 14.8. The van der Waals surface area contributed by atoms with E-state index < -0.39 is 12.1 Å². The van der Waals surface area contributed by atoms with Gasteiger partial charge in [0.1, 0.15) is 17.6 Å². The molecule has 1 aliphatic rings. The Morgan fingerprint density at radius 2 is 1.40 bits per heavy atom. The summed E-state index contributed by atoms with van der Waals surface area (Å²) in [5.74, 6) is 1.51. The lowest BCUT2D eigenvalue weighted by Gasteiger charge is -2.28. The molecular formula is C30H41FO4. The summed E-state index contributed by atoms with van der Waals surface area (Å²) < 4.78 is 31.1. The number of carbonyl (C=O) groups excluding carboxylic acids is 1. The van der Waals surface area contributed by atoms with Crippen LogP contribution in [0.5, 0.6) is 11.5 Å². The average molecular weight is 485 g/mol. The Bertz CT molecular complexity index is 857. The lowest BCUT2D eigenvalue weighted by atomic mass is 9.88. The second-order valence-electron chi connectivity index (χ2n) is 9.60. The number of unbranched alkanes of at least 4 members (excludes halogenated alkanes) is 3. The highest BCUT2D eigenvalue weighted by Crippen LogP contribution is 2.29. The first kappa shape index (κ1) is 27.0. The lowest BCUT2D eigenvalue weighted by molar-refractivity contribution is -0.157. The molecular weight excluding hydrogens is 443 g/mol. The van der Waals surface area contributed by atoms with Gasteiger partial charge in [-0.15, -0.1) is 0 Å². The van der Waals surface area contributed by atoms with Gasteiger partial charge >= 0.3 is 5.97 Å². The molecule has 0 radical (unpaired) electrons. The van der Waals surface area contributed by atoms with Crippen LogP contribution in [0.1, 0.15) is 78.1 Å². The van der Waals surface area contributed by atoms with Crippen molar-refractivity contribution in [3.63, 3.8) is 0 Å². The lowest BCUT2D eigenvalue weighted by Crippen LogP contribution is -2.30. The zero-order valence-electron chi connectivity index (χ0n) is 21.3. The summed E-state index contributed by atoms with van der Waals surface area (Å²) >= 11 is 0. The number of carbonyl (C=O) groups is 1. The standard InChI is InChI=1S/C30H41FO4/c1-3-5-7-21-33-26-17-11-24(12-18-26)25-13-19-27(20-14-25)34-22-23-9-15-28(16-10-23)35-30(32)29(31)8-6-4-2/h11-14,17-20,23,28-29H,3-10,15-16,21-22H2,1-2H3/t23?,28?,29-/m0/s1. The van der Waals surface area contributed by atoms with Crippen molar-refractivity contribution >= 4 is 5.97 Å². The molecule has 0 heterocycles. The molecule has 0 aromatic heterocycles. The van der Waals surface area contributed by atoms with Crippen molar-refractivity contribution in [3.8, 4) is 22.6 Å². The molecule has 192 valence electrons. The van der Waals surface area contributed by atoms with E-state index in [0.717, 1.165) is 67.8 Å². The highest BCUT2D eigenvalue weighted by Gasteiger charge is 2.27. The van der Waals surface area contributed by atoms with E-state index in [4.69, 9.17) is 14.2 Å². The number of ether oxygens (including phenoxy) is 3. The summed E-state index contributed by atoms with van der Waals surface area (Å²) in [7, 11) is 0. The maximum atomic E-state index is 13.8. The number of alkyl halides is 1. The summed E-state index contributed by atoms with van der Waals surface area (Å²) in [6.45, 7) is 5.59. The van der Waals surface area contributed by atoms with Gasteiger partial charge in [-0.1, -0.05) is 63.8 Å². The molecule has 1 aliphatic carbocycles. The quantitative estimate of drug-likeness (QED) is 0.202. The largest absolute Gasteiger partial charge is 0.494 e. The monoisotopic (exact) mass is 484 g/mol. The normalized spacial score (nSPS) is 18.6. The summed E-state index contributed by atoms with van der Waals surface area (Å²) in [5.41, 5.74) is 2.29. The van der Waals surface area contributed by atoms with Crippen molar-refractivity contribution in [1.29, 1.82) is 0 Å². The van der Waals surface area contributed by atoms with Crippen molar-refractivity contribution in [1.82, 2.24) is 0 Å². The van der Waals surface area contributed by atoms with Crippen molar-refractivity contribution < 1.29 is 23.4 Å². The first-order valence-electron chi connectivity index (χ1n) is 13.4. The molecule has 0 N–H and O–H groups in total. The van der Waals surface area contributed by atoms with Crippen LogP contribution in [0.4, 0.5) is 4.39 Å². The Kier molecular flexibility index (Phi) is 11.4. The molecule has 4 nitrogen and oxygen atoms in total. The topological polar surface area (TPSA) is 44.8 Å². The zero-order valence-corrected chi connectivity index (χ0v) is 21.3. The molecule has 35 heavy (non-hydrogen) atoms. The molecule has 0 amide bonds. The third-order valence-electron chi connectivity index (χ3n) is 6.69. The molecule has 0 unspecified atom stereocenters. The summed E-state index contributed by atoms with van der Waals surface area (Å²) in [6, 6.07) is 16.4. The van der Waals surface area contributed by atoms with E-state index >= 15 is 0 Å². The van der Waals surface area contributed by atoms with Gasteiger partial charge < -0.3 is 14.2 Å². The Labute approximate surface area is 210 Å². The number of halogens is 1. The molecule has 5 heteroatoms. The van der Waals surface area contributed by atoms with Gasteiger partial charge in [-0.25, -0.2) is 9.18 Å². The van der Waals surface area contributed by atoms with Crippen LogP contribution in [0, 0.1) is 5.92 Å². The predicted molar refractivity (Wildman–Crippen MR) is 139 cm³/mol. The van der Waals surface area contributed by atoms with Gasteiger partial charge in [0.15, 0.2) is 6.17 Å². The van der Waals surface area contributed by atoms with Crippen molar-refractivity contribution in [2.24, 2.45) is 5.92 Å². The summed E-state index contributed by atoms with van der Waals surface area (Å²) in [4.78, 5) is 11.9. The number of rotatable bonds is 14. The van der Waals surface area contributed by atoms with Crippen LogP contribution in [0.25, 0.3) is 11.1 Å². The molecule has 2 aromatic rings. The molecule has 0 saturated heterocycles. The number of hydrogen-bond acceptors (Lipinski definition) is 4. The third kappa shape index (κ3) is 9.19. The van der Waals surface area contributed by atoms with Crippen LogP contribution < -0.4 is 9.47 Å². The van der Waals surface area contributed by atoms with Gasteiger partial charge in [0, 0.05) is 0 Å². The Hall–Kier alpha value is -2.56. The fraction of sp³-hybridized carbons (Fsp3) is 0.567. The maximum absolute atomic E-state index is 13.8.